The molecular weight excluding hydrogens is 921 g/mol. The highest BCUT2D eigenvalue weighted by Crippen LogP contribution is 2.56. The zero-order valence-corrected chi connectivity index (χ0v) is 45.4. The predicted octanol–water partition coefficient (Wildman–Crippen LogP) is 16.5. The van der Waals surface area contributed by atoms with Crippen molar-refractivity contribution in [3.05, 3.63) is 70.8 Å². The predicted molar refractivity (Wildman–Crippen MR) is 278 cm³/mol. The first kappa shape index (κ1) is 54.4. The number of benzene rings is 4. The number of fused-ring (bicyclic) bond motifs is 8. The van der Waals surface area contributed by atoms with Crippen LogP contribution in [0.3, 0.4) is 0 Å². The zero-order valence-electron chi connectivity index (χ0n) is 42.2. The van der Waals surface area contributed by atoms with Gasteiger partial charge in [0, 0.05) is 25.7 Å². The van der Waals surface area contributed by atoms with Gasteiger partial charge in [-0.3, -0.25) is 0 Å². The molecule has 5 rings (SSSR count). The van der Waals surface area contributed by atoms with Gasteiger partial charge in [-0.2, -0.15) is 21.0 Å². The molecule has 0 saturated heterocycles. The van der Waals surface area contributed by atoms with Gasteiger partial charge in [-0.25, -0.2) is 0 Å². The van der Waals surface area contributed by atoms with E-state index < -0.39 is 0 Å². The van der Waals surface area contributed by atoms with Crippen molar-refractivity contribution in [2.45, 2.75) is 195 Å². The Hall–Kier alpha value is -4.56. The fraction of sp³-hybridized carbons (Fsp3) is 0.500. The molecule has 8 nitrogen and oxygen atoms in total. The summed E-state index contributed by atoms with van der Waals surface area (Å²) in [6, 6.07) is 27.1. The highest BCUT2D eigenvalue weighted by Gasteiger charge is 2.30. The van der Waals surface area contributed by atoms with Gasteiger partial charge in [-0.15, -0.1) is 0 Å². The van der Waals surface area contributed by atoms with Crippen molar-refractivity contribution < 1.29 is 18.9 Å². The Morgan fingerprint density at radius 1 is 0.324 bits per heavy atom. The van der Waals surface area contributed by atoms with Gasteiger partial charge in [-0.1, -0.05) is 130 Å². The number of nitrogens with zero attached hydrogens (tertiary/aromatic N) is 4. The smallest absolute Gasteiger partial charge is 0.147 e. The van der Waals surface area contributed by atoms with E-state index in [1.165, 1.54) is 0 Å². The summed E-state index contributed by atoms with van der Waals surface area (Å²) in [6.07, 6.45) is 3.77. The fourth-order valence-corrected chi connectivity index (χ4v) is 11.8. The SMILES string of the molecule is CC(C)(C)c1cc2c(OCCCC#N)c(c1)Sc1cc(C(C)(C)C)cc(c1OCCCC#N)Sc1cc(C(C)(C)C)cc(c1OCCCC#N)Sc1cc(C(C)(C)C)cc(c1OCCCC#N)S2. The lowest BCUT2D eigenvalue weighted by atomic mass is 9.87. The number of rotatable bonds is 16. The lowest BCUT2D eigenvalue weighted by Gasteiger charge is -2.28. The van der Waals surface area contributed by atoms with Crippen LogP contribution >= 0.6 is 47.0 Å². The third-order valence-corrected chi connectivity index (χ3v) is 15.3. The number of ether oxygens (including phenoxy) is 4. The number of nitriles is 4. The van der Waals surface area contributed by atoms with Crippen LogP contribution in [-0.4, -0.2) is 26.4 Å². The van der Waals surface area contributed by atoms with E-state index in [4.69, 9.17) is 18.9 Å². The molecule has 1 aliphatic rings. The minimum Gasteiger partial charge on any atom is -0.491 e. The second kappa shape index (κ2) is 23.8. The summed E-state index contributed by atoms with van der Waals surface area (Å²) in [5.41, 5.74) is 3.57. The molecule has 0 fully saturated rings. The van der Waals surface area contributed by atoms with Crippen LogP contribution in [0.5, 0.6) is 23.0 Å². The van der Waals surface area contributed by atoms with Crippen LogP contribution in [0, 0.1) is 45.3 Å². The van der Waals surface area contributed by atoms with Gasteiger partial charge >= 0.3 is 0 Å². The summed E-state index contributed by atoms with van der Waals surface area (Å²) in [5.74, 6) is 2.90. The molecule has 0 unspecified atom stereocenters. The monoisotopic (exact) mass is 988 g/mol. The minimum atomic E-state index is -0.238. The summed E-state index contributed by atoms with van der Waals surface area (Å²) < 4.78 is 27.5. The van der Waals surface area contributed by atoms with Gasteiger partial charge in [0.1, 0.15) is 23.0 Å². The molecule has 0 saturated carbocycles. The highest BCUT2D eigenvalue weighted by atomic mass is 32.2. The van der Waals surface area contributed by atoms with E-state index in [9.17, 15) is 21.0 Å². The summed E-state index contributed by atoms with van der Waals surface area (Å²) in [5, 5.41) is 38.2. The van der Waals surface area contributed by atoms with Crippen LogP contribution in [0.25, 0.3) is 0 Å². The van der Waals surface area contributed by atoms with Gasteiger partial charge in [0.15, 0.2) is 0 Å². The van der Waals surface area contributed by atoms with E-state index >= 15 is 0 Å². The van der Waals surface area contributed by atoms with Crippen LogP contribution in [0.1, 0.15) is 157 Å². The molecule has 4 aromatic rings. The molecule has 0 atom stereocenters. The normalized spacial score (nSPS) is 12.8. The first-order chi connectivity index (χ1) is 32.1. The summed E-state index contributed by atoms with van der Waals surface area (Å²) >= 11 is 6.48. The van der Waals surface area contributed by atoms with Crippen LogP contribution in [0.4, 0.5) is 0 Å². The fourth-order valence-electron chi connectivity index (χ4n) is 6.99. The average Bonchev–Trinajstić information content (AvgIpc) is 3.24. The molecule has 12 heteroatoms. The Labute approximate surface area is 424 Å². The lowest BCUT2D eigenvalue weighted by molar-refractivity contribution is 0.294. The minimum absolute atomic E-state index is 0.238. The molecule has 68 heavy (non-hydrogen) atoms. The van der Waals surface area contributed by atoms with E-state index in [1.807, 2.05) is 0 Å². The van der Waals surface area contributed by atoms with E-state index in [-0.39, 0.29) is 21.7 Å². The maximum Gasteiger partial charge on any atom is 0.147 e. The third-order valence-electron chi connectivity index (χ3n) is 11.1. The van der Waals surface area contributed by atoms with E-state index in [1.54, 1.807) is 47.0 Å². The quantitative estimate of drug-likeness (QED) is 0.0872. The van der Waals surface area contributed by atoms with Crippen molar-refractivity contribution in [1.29, 1.82) is 21.0 Å². The maximum absolute atomic E-state index is 9.55. The topological polar surface area (TPSA) is 132 Å². The van der Waals surface area contributed by atoms with E-state index in [0.29, 0.717) is 77.8 Å². The van der Waals surface area contributed by atoms with E-state index in [0.717, 1.165) is 84.4 Å². The molecule has 0 radical (unpaired) electrons. The Morgan fingerprint density at radius 3 is 0.618 bits per heavy atom. The Balaban J connectivity index is 2.00. The largest absolute Gasteiger partial charge is 0.491 e. The van der Waals surface area contributed by atoms with Crippen molar-refractivity contribution in [3.8, 4) is 47.3 Å². The van der Waals surface area contributed by atoms with Gasteiger partial charge in [0.2, 0.25) is 0 Å². The number of hydrogen-bond acceptors (Lipinski definition) is 12. The zero-order chi connectivity index (χ0) is 49.9. The lowest BCUT2D eigenvalue weighted by Crippen LogP contribution is -2.14. The standard InChI is InChI=1S/C56H68N4O4S4/c1-53(2,3)37-29-41-49(61-25-17-13-21-57)42(30-37)66-44-32-39(55(7,8)9)34-46(51(44)63-27-19-15-23-59)68-48-36-40(56(10,11)12)35-47(52(48)64-28-20-16-24-60)67-45-33-38(54(4,5)6)31-43(65-41)50(45)62-26-18-14-22-58/h29-36H,13-20,25-28H2,1-12H3. The van der Waals surface area contributed by atoms with Crippen LogP contribution < -0.4 is 18.9 Å². The molecule has 0 aliphatic carbocycles. The van der Waals surface area contributed by atoms with Gasteiger partial charge in [0.05, 0.1) is 89.9 Å². The molecule has 1 aliphatic heterocycles. The molecule has 0 amide bonds. The number of hydrogen-bond donors (Lipinski definition) is 0. The Kier molecular flexibility index (Phi) is 19.1. The second-order valence-corrected chi connectivity index (χ2v) is 25.4. The molecular formula is C56H68N4O4S4. The van der Waals surface area contributed by atoms with Crippen molar-refractivity contribution in [1.82, 2.24) is 0 Å². The molecule has 8 bridgehead atoms. The molecule has 0 aromatic heterocycles. The molecule has 360 valence electrons. The highest BCUT2D eigenvalue weighted by molar-refractivity contribution is 8.01. The second-order valence-electron chi connectivity index (χ2n) is 21.1. The Bertz CT molecular complexity index is 2140. The summed E-state index contributed by atoms with van der Waals surface area (Å²) in [6.45, 7) is 28.1. The first-order valence-corrected chi connectivity index (χ1v) is 26.8. The maximum atomic E-state index is 9.55. The van der Waals surface area contributed by atoms with Gasteiger partial charge < -0.3 is 18.9 Å². The van der Waals surface area contributed by atoms with Crippen molar-refractivity contribution in [3.63, 3.8) is 0 Å². The number of unbranched alkanes of at least 4 members (excludes halogenated alkanes) is 4. The van der Waals surface area contributed by atoms with Crippen molar-refractivity contribution in [2.24, 2.45) is 0 Å². The van der Waals surface area contributed by atoms with Crippen LogP contribution in [0.15, 0.2) is 87.7 Å². The van der Waals surface area contributed by atoms with Crippen molar-refractivity contribution in [2.75, 3.05) is 26.4 Å². The average molecular weight is 989 g/mol. The van der Waals surface area contributed by atoms with E-state index in [2.05, 4.69) is 156 Å². The molecule has 1 heterocycles. The van der Waals surface area contributed by atoms with Crippen LogP contribution in [-0.2, 0) is 21.7 Å². The third kappa shape index (κ3) is 14.7. The Morgan fingerprint density at radius 2 is 0.485 bits per heavy atom. The molecule has 0 spiro atoms. The first-order valence-electron chi connectivity index (χ1n) is 23.5. The van der Waals surface area contributed by atoms with Crippen molar-refractivity contribution >= 4 is 47.0 Å². The van der Waals surface area contributed by atoms with Gasteiger partial charge in [0.25, 0.3) is 0 Å². The van der Waals surface area contributed by atoms with Crippen LogP contribution in [0.2, 0.25) is 0 Å². The summed E-state index contributed by atoms with van der Waals surface area (Å²) in [4.78, 5) is 7.37. The molecule has 4 aromatic carbocycles. The molecule has 0 N–H and O–H groups in total. The van der Waals surface area contributed by atoms with Gasteiger partial charge in [-0.05, 0) is 118 Å². The summed E-state index contributed by atoms with van der Waals surface area (Å²) in [7, 11) is 0.